The molecule has 0 fully saturated rings. The molecule has 1 aromatic carbocycles. The summed E-state index contributed by atoms with van der Waals surface area (Å²) in [6, 6.07) is 5.54. The van der Waals surface area contributed by atoms with Crippen molar-refractivity contribution in [2.75, 3.05) is 32.6 Å². The summed E-state index contributed by atoms with van der Waals surface area (Å²) in [6.07, 6.45) is 2.55. The minimum absolute atomic E-state index is 0.0680. The molecule has 1 amide bonds. The van der Waals surface area contributed by atoms with E-state index in [9.17, 15) is 4.79 Å². The van der Waals surface area contributed by atoms with Gasteiger partial charge in [0.05, 0.1) is 19.9 Å². The van der Waals surface area contributed by atoms with Crippen LogP contribution in [0.5, 0.6) is 11.5 Å². The number of nitrogens with one attached hydrogen (secondary N) is 2. The molecule has 5 nitrogen and oxygen atoms in total. The largest absolute Gasteiger partial charge is 0.497 e. The topological polar surface area (TPSA) is 59.6 Å². The maximum absolute atomic E-state index is 11.6. The fraction of sp³-hybridized carbons (Fsp3) is 0.533. The fourth-order valence-electron chi connectivity index (χ4n) is 1.75. The van der Waals surface area contributed by atoms with E-state index in [1.807, 2.05) is 18.2 Å². The molecule has 0 bridgehead atoms. The van der Waals surface area contributed by atoms with E-state index in [2.05, 4.69) is 17.6 Å². The number of carbonyl (C=O) groups is 1. The zero-order valence-electron chi connectivity index (χ0n) is 12.5. The highest BCUT2D eigenvalue weighted by Crippen LogP contribution is 2.28. The molecule has 0 saturated heterocycles. The number of anilines is 1. The Morgan fingerprint density at radius 3 is 2.65 bits per heavy atom. The highest BCUT2D eigenvalue weighted by Gasteiger charge is 2.05. The van der Waals surface area contributed by atoms with Crippen molar-refractivity contribution < 1.29 is 14.3 Å². The number of methoxy groups -OCH3 is 2. The van der Waals surface area contributed by atoms with Gasteiger partial charge in [0.15, 0.2) is 0 Å². The summed E-state index contributed by atoms with van der Waals surface area (Å²) < 4.78 is 10.4. The molecule has 1 rings (SSSR count). The van der Waals surface area contributed by atoms with Gasteiger partial charge in [-0.1, -0.05) is 13.3 Å². The van der Waals surface area contributed by atoms with E-state index < -0.39 is 0 Å². The summed E-state index contributed by atoms with van der Waals surface area (Å²) in [5.41, 5.74) is 0.856. The van der Waals surface area contributed by atoms with Crippen LogP contribution < -0.4 is 20.1 Å². The molecule has 2 N–H and O–H groups in total. The van der Waals surface area contributed by atoms with E-state index in [0.29, 0.717) is 18.7 Å². The average Bonchev–Trinajstić information content (AvgIpc) is 2.47. The highest BCUT2D eigenvalue weighted by molar-refractivity contribution is 5.76. The Bertz CT molecular complexity index is 422. The molecule has 0 aliphatic carbocycles. The van der Waals surface area contributed by atoms with Crippen molar-refractivity contribution in [2.45, 2.75) is 26.2 Å². The molecule has 20 heavy (non-hydrogen) atoms. The molecule has 5 heteroatoms. The summed E-state index contributed by atoms with van der Waals surface area (Å²) in [6.45, 7) is 3.42. The minimum Gasteiger partial charge on any atom is -0.497 e. The zero-order chi connectivity index (χ0) is 14.8. The van der Waals surface area contributed by atoms with Crippen LogP contribution in [0.15, 0.2) is 18.2 Å². The van der Waals surface area contributed by atoms with Crippen molar-refractivity contribution in [3.63, 3.8) is 0 Å². The van der Waals surface area contributed by atoms with E-state index in [1.54, 1.807) is 14.2 Å². The Morgan fingerprint density at radius 2 is 2.00 bits per heavy atom. The molecular formula is C15H24N2O3. The van der Waals surface area contributed by atoms with Gasteiger partial charge in [0.2, 0.25) is 5.91 Å². The van der Waals surface area contributed by atoms with E-state index in [-0.39, 0.29) is 5.91 Å². The van der Waals surface area contributed by atoms with Gasteiger partial charge < -0.3 is 20.1 Å². The summed E-state index contributed by atoms with van der Waals surface area (Å²) in [7, 11) is 3.22. The van der Waals surface area contributed by atoms with E-state index >= 15 is 0 Å². The first-order valence-electron chi connectivity index (χ1n) is 6.93. The molecule has 0 aliphatic rings. The van der Waals surface area contributed by atoms with Crippen LogP contribution in [0.1, 0.15) is 26.2 Å². The van der Waals surface area contributed by atoms with Gasteiger partial charge in [0.25, 0.3) is 0 Å². The van der Waals surface area contributed by atoms with Gasteiger partial charge in [0, 0.05) is 25.6 Å². The number of carbonyl (C=O) groups excluding carboxylic acids is 1. The normalized spacial score (nSPS) is 9.95. The third kappa shape index (κ3) is 5.38. The first-order chi connectivity index (χ1) is 9.71. The van der Waals surface area contributed by atoms with Gasteiger partial charge in [-0.05, 0) is 18.6 Å². The molecule has 0 aromatic heterocycles. The van der Waals surface area contributed by atoms with Gasteiger partial charge in [-0.25, -0.2) is 0 Å². The lowest BCUT2D eigenvalue weighted by Gasteiger charge is -2.12. The van der Waals surface area contributed by atoms with E-state index in [1.165, 1.54) is 0 Å². The molecular weight excluding hydrogens is 256 g/mol. The number of unbranched alkanes of at least 4 members (excludes halogenated alkanes) is 1. The maximum atomic E-state index is 11.6. The van der Waals surface area contributed by atoms with Crippen molar-refractivity contribution >= 4 is 11.6 Å². The van der Waals surface area contributed by atoms with E-state index in [4.69, 9.17) is 9.47 Å². The van der Waals surface area contributed by atoms with Crippen molar-refractivity contribution in [3.8, 4) is 11.5 Å². The fourth-order valence-corrected chi connectivity index (χ4v) is 1.75. The van der Waals surface area contributed by atoms with Crippen LogP contribution in [0.2, 0.25) is 0 Å². The monoisotopic (exact) mass is 280 g/mol. The van der Waals surface area contributed by atoms with Crippen molar-refractivity contribution in [3.05, 3.63) is 18.2 Å². The highest BCUT2D eigenvalue weighted by atomic mass is 16.5. The molecule has 0 aliphatic heterocycles. The van der Waals surface area contributed by atoms with Crippen LogP contribution in [0.25, 0.3) is 0 Å². The quantitative estimate of drug-likeness (QED) is 0.682. The predicted molar refractivity (Wildman–Crippen MR) is 80.6 cm³/mol. The van der Waals surface area contributed by atoms with Crippen LogP contribution in [0.4, 0.5) is 5.69 Å². The number of hydrogen-bond acceptors (Lipinski definition) is 4. The van der Waals surface area contributed by atoms with Crippen LogP contribution in [0, 0.1) is 0 Å². The number of benzene rings is 1. The Labute approximate surface area is 120 Å². The molecule has 112 valence electrons. The number of rotatable bonds is 9. The molecule has 0 radical (unpaired) electrons. The van der Waals surface area contributed by atoms with Crippen LogP contribution in [-0.2, 0) is 4.79 Å². The number of amides is 1. The third-order valence-electron chi connectivity index (χ3n) is 2.93. The van der Waals surface area contributed by atoms with Crippen molar-refractivity contribution in [1.82, 2.24) is 5.32 Å². The molecule has 1 aromatic rings. The van der Waals surface area contributed by atoms with Crippen LogP contribution in [0.3, 0.4) is 0 Å². The molecule has 0 heterocycles. The summed E-state index contributed by atoms with van der Waals surface area (Å²) in [5.74, 6) is 1.51. The average molecular weight is 280 g/mol. The second kappa shape index (κ2) is 9.07. The number of hydrogen-bond donors (Lipinski definition) is 2. The Morgan fingerprint density at radius 1 is 1.20 bits per heavy atom. The Hall–Kier alpha value is -1.91. The van der Waals surface area contributed by atoms with Crippen LogP contribution in [-0.4, -0.2) is 33.2 Å². The van der Waals surface area contributed by atoms with Crippen molar-refractivity contribution in [2.24, 2.45) is 0 Å². The lowest BCUT2D eigenvalue weighted by Crippen LogP contribution is -2.26. The molecule has 0 saturated carbocycles. The zero-order valence-corrected chi connectivity index (χ0v) is 12.5. The SMILES string of the molecule is CCCCNC(=O)CCNc1ccc(OC)cc1OC. The van der Waals surface area contributed by atoms with Gasteiger partial charge in [0.1, 0.15) is 11.5 Å². The molecule has 0 atom stereocenters. The molecule has 0 spiro atoms. The molecule has 0 unspecified atom stereocenters. The lowest BCUT2D eigenvalue weighted by molar-refractivity contribution is -0.120. The van der Waals surface area contributed by atoms with Gasteiger partial charge in [-0.2, -0.15) is 0 Å². The Kier molecular flexibility index (Phi) is 7.32. The summed E-state index contributed by atoms with van der Waals surface area (Å²) in [4.78, 5) is 11.6. The first-order valence-corrected chi connectivity index (χ1v) is 6.93. The summed E-state index contributed by atoms with van der Waals surface area (Å²) in [5, 5.41) is 6.08. The minimum atomic E-state index is 0.0680. The third-order valence-corrected chi connectivity index (χ3v) is 2.93. The van der Waals surface area contributed by atoms with Gasteiger partial charge in [-0.3, -0.25) is 4.79 Å². The number of ether oxygens (including phenoxy) is 2. The second-order valence-corrected chi connectivity index (χ2v) is 4.45. The van der Waals surface area contributed by atoms with Gasteiger partial charge in [-0.15, -0.1) is 0 Å². The maximum Gasteiger partial charge on any atom is 0.221 e. The lowest BCUT2D eigenvalue weighted by atomic mass is 10.2. The van der Waals surface area contributed by atoms with Crippen LogP contribution >= 0.6 is 0 Å². The predicted octanol–water partition coefficient (Wildman–Crippen LogP) is 2.42. The first kappa shape index (κ1) is 16.1. The van der Waals surface area contributed by atoms with Gasteiger partial charge >= 0.3 is 0 Å². The summed E-state index contributed by atoms with van der Waals surface area (Å²) >= 11 is 0. The Balaban J connectivity index is 2.39. The standard InChI is InChI=1S/C15H24N2O3/c1-4-5-9-17-15(18)8-10-16-13-7-6-12(19-2)11-14(13)20-3/h6-7,11,16H,4-5,8-10H2,1-3H3,(H,17,18). The smallest absolute Gasteiger partial charge is 0.221 e. The van der Waals surface area contributed by atoms with Crippen molar-refractivity contribution in [1.29, 1.82) is 0 Å². The van der Waals surface area contributed by atoms with E-state index in [0.717, 1.165) is 30.8 Å². The second-order valence-electron chi connectivity index (χ2n) is 4.45.